The second-order valence-corrected chi connectivity index (χ2v) is 7.27. The minimum atomic E-state index is -0.161. The van der Waals surface area contributed by atoms with E-state index in [1.807, 2.05) is 12.1 Å². The summed E-state index contributed by atoms with van der Waals surface area (Å²) in [5.74, 6) is 0. The molecule has 0 aliphatic heterocycles. The molecule has 0 unspecified atom stereocenters. The van der Waals surface area contributed by atoms with Gasteiger partial charge in [-0.05, 0) is 17.2 Å². The van der Waals surface area contributed by atoms with E-state index in [1.165, 1.54) is 11.1 Å². The summed E-state index contributed by atoms with van der Waals surface area (Å²) in [5.41, 5.74) is 4.28. The molecule has 3 rings (SSSR count). The summed E-state index contributed by atoms with van der Waals surface area (Å²) in [6, 6.07) is 23.2. The number of aromatic nitrogens is 2. The molecule has 2 heteroatoms. The highest BCUT2D eigenvalue weighted by molar-refractivity contribution is 5.38. The molecule has 0 fully saturated rings. The molecule has 1 aromatic heterocycles. The zero-order valence-corrected chi connectivity index (χ0v) is 14.8. The van der Waals surface area contributed by atoms with Crippen molar-refractivity contribution >= 4 is 0 Å². The van der Waals surface area contributed by atoms with Gasteiger partial charge < -0.3 is 0 Å². The van der Waals surface area contributed by atoms with E-state index in [-0.39, 0.29) is 10.8 Å². The lowest BCUT2D eigenvalue weighted by Crippen LogP contribution is -2.25. The molecule has 0 N–H and O–H groups in total. The third-order valence-electron chi connectivity index (χ3n) is 4.94. The Labute approximate surface area is 144 Å². The molecule has 0 saturated heterocycles. The van der Waals surface area contributed by atoms with Crippen LogP contribution in [0.2, 0.25) is 0 Å². The Kier molecular flexibility index (Phi) is 4.23. The van der Waals surface area contributed by atoms with Gasteiger partial charge in [0.05, 0.1) is 11.4 Å². The quantitative estimate of drug-likeness (QED) is 0.667. The predicted molar refractivity (Wildman–Crippen MR) is 99.2 cm³/mol. The number of hydrogen-bond acceptors (Lipinski definition) is 2. The van der Waals surface area contributed by atoms with E-state index in [2.05, 4.69) is 92.3 Å². The molecule has 0 atom stereocenters. The van der Waals surface area contributed by atoms with Gasteiger partial charge in [0.15, 0.2) is 0 Å². The second kappa shape index (κ2) is 6.20. The van der Waals surface area contributed by atoms with E-state index in [0.29, 0.717) is 0 Å². The fourth-order valence-corrected chi connectivity index (χ4v) is 3.05. The maximum atomic E-state index is 4.58. The molecule has 1 heterocycles. The van der Waals surface area contributed by atoms with Crippen LogP contribution in [0.3, 0.4) is 0 Å². The van der Waals surface area contributed by atoms with Gasteiger partial charge in [0.25, 0.3) is 0 Å². The van der Waals surface area contributed by atoms with Crippen molar-refractivity contribution in [1.29, 1.82) is 0 Å². The molecule has 0 aliphatic carbocycles. The summed E-state index contributed by atoms with van der Waals surface area (Å²) >= 11 is 0. The second-order valence-electron chi connectivity index (χ2n) is 7.27. The van der Waals surface area contributed by atoms with Crippen LogP contribution < -0.4 is 0 Å². The van der Waals surface area contributed by atoms with Crippen LogP contribution in [0.1, 0.15) is 50.2 Å². The molecule has 2 aromatic carbocycles. The van der Waals surface area contributed by atoms with Gasteiger partial charge in [-0.25, -0.2) is 9.97 Å². The van der Waals surface area contributed by atoms with E-state index >= 15 is 0 Å². The van der Waals surface area contributed by atoms with Crippen molar-refractivity contribution in [3.8, 4) is 0 Å². The Morgan fingerprint density at radius 3 is 1.33 bits per heavy atom. The smallest absolute Gasteiger partial charge is 0.116 e. The topological polar surface area (TPSA) is 25.8 Å². The van der Waals surface area contributed by atoms with Crippen LogP contribution in [0.25, 0.3) is 0 Å². The lowest BCUT2D eigenvalue weighted by molar-refractivity contribution is 0.582. The van der Waals surface area contributed by atoms with Gasteiger partial charge in [-0.15, -0.1) is 0 Å². The standard InChI is InChI=1S/C22H24N2/c1-21(2,17-11-7-5-8-12-17)19-15-20(24-16-23-19)22(3,4)18-13-9-6-10-14-18/h5-16H,1-4H3. The fraction of sp³-hybridized carbons (Fsp3) is 0.273. The van der Waals surface area contributed by atoms with Gasteiger partial charge in [0.2, 0.25) is 0 Å². The van der Waals surface area contributed by atoms with Gasteiger partial charge in [0.1, 0.15) is 6.33 Å². The first kappa shape index (κ1) is 16.4. The van der Waals surface area contributed by atoms with E-state index in [4.69, 9.17) is 0 Å². The highest BCUT2D eigenvalue weighted by atomic mass is 14.9. The summed E-state index contributed by atoms with van der Waals surface area (Å²) in [6.07, 6.45) is 1.69. The van der Waals surface area contributed by atoms with Crippen molar-refractivity contribution in [2.75, 3.05) is 0 Å². The van der Waals surface area contributed by atoms with Crippen LogP contribution in [0.15, 0.2) is 73.1 Å². The first-order chi connectivity index (χ1) is 11.4. The average Bonchev–Trinajstić information content (AvgIpc) is 2.63. The molecular weight excluding hydrogens is 292 g/mol. The Bertz CT molecular complexity index is 739. The van der Waals surface area contributed by atoms with Crippen LogP contribution in [-0.2, 0) is 10.8 Å². The molecule has 0 saturated carbocycles. The molecule has 0 spiro atoms. The highest BCUT2D eigenvalue weighted by Gasteiger charge is 2.29. The van der Waals surface area contributed by atoms with Crippen molar-refractivity contribution in [2.45, 2.75) is 38.5 Å². The molecule has 24 heavy (non-hydrogen) atoms. The Hall–Kier alpha value is -2.48. The predicted octanol–water partition coefficient (Wildman–Crippen LogP) is 5.13. The van der Waals surface area contributed by atoms with Crippen LogP contribution in [-0.4, -0.2) is 9.97 Å². The van der Waals surface area contributed by atoms with Crippen LogP contribution in [0, 0.1) is 0 Å². The third-order valence-corrected chi connectivity index (χ3v) is 4.94. The summed E-state index contributed by atoms with van der Waals surface area (Å²) in [4.78, 5) is 9.17. The lowest BCUT2D eigenvalue weighted by atomic mass is 9.77. The van der Waals surface area contributed by atoms with Crippen molar-refractivity contribution in [1.82, 2.24) is 9.97 Å². The van der Waals surface area contributed by atoms with Gasteiger partial charge in [0, 0.05) is 10.8 Å². The molecule has 0 aliphatic rings. The Morgan fingerprint density at radius 1 is 0.583 bits per heavy atom. The SMILES string of the molecule is CC(C)(c1ccccc1)c1cc(C(C)(C)c2ccccc2)ncn1. The van der Waals surface area contributed by atoms with Crippen molar-refractivity contribution in [3.05, 3.63) is 95.6 Å². The summed E-state index contributed by atoms with van der Waals surface area (Å²) in [6.45, 7) is 8.85. The fourth-order valence-electron chi connectivity index (χ4n) is 3.05. The number of rotatable bonds is 4. The zero-order valence-electron chi connectivity index (χ0n) is 14.8. The number of benzene rings is 2. The van der Waals surface area contributed by atoms with E-state index in [0.717, 1.165) is 11.4 Å². The van der Waals surface area contributed by atoms with Gasteiger partial charge in [-0.3, -0.25) is 0 Å². The summed E-state index contributed by atoms with van der Waals surface area (Å²) in [7, 11) is 0. The lowest BCUT2D eigenvalue weighted by Gasteiger charge is -2.29. The first-order valence-electron chi connectivity index (χ1n) is 8.36. The summed E-state index contributed by atoms with van der Waals surface area (Å²) < 4.78 is 0. The van der Waals surface area contributed by atoms with Crippen molar-refractivity contribution in [2.24, 2.45) is 0 Å². The number of nitrogens with zero attached hydrogens (tertiary/aromatic N) is 2. The van der Waals surface area contributed by atoms with Crippen LogP contribution in [0.5, 0.6) is 0 Å². The Morgan fingerprint density at radius 2 is 0.958 bits per heavy atom. The maximum Gasteiger partial charge on any atom is 0.116 e. The molecule has 3 aromatic rings. The largest absolute Gasteiger partial charge is 0.240 e. The van der Waals surface area contributed by atoms with E-state index in [9.17, 15) is 0 Å². The van der Waals surface area contributed by atoms with Gasteiger partial charge in [-0.2, -0.15) is 0 Å². The van der Waals surface area contributed by atoms with E-state index in [1.54, 1.807) is 6.33 Å². The van der Waals surface area contributed by atoms with Crippen LogP contribution in [0.4, 0.5) is 0 Å². The monoisotopic (exact) mass is 316 g/mol. The Balaban J connectivity index is 2.04. The molecule has 122 valence electrons. The average molecular weight is 316 g/mol. The summed E-state index contributed by atoms with van der Waals surface area (Å²) in [5, 5.41) is 0. The van der Waals surface area contributed by atoms with Crippen molar-refractivity contribution in [3.63, 3.8) is 0 Å². The molecule has 2 nitrogen and oxygen atoms in total. The zero-order chi connectivity index (χ0) is 17.2. The minimum absolute atomic E-state index is 0.161. The van der Waals surface area contributed by atoms with Gasteiger partial charge >= 0.3 is 0 Å². The van der Waals surface area contributed by atoms with Crippen molar-refractivity contribution < 1.29 is 0 Å². The molecule has 0 amide bonds. The van der Waals surface area contributed by atoms with Gasteiger partial charge in [-0.1, -0.05) is 88.4 Å². The first-order valence-corrected chi connectivity index (χ1v) is 8.36. The highest BCUT2D eigenvalue weighted by Crippen LogP contribution is 2.34. The number of hydrogen-bond donors (Lipinski definition) is 0. The molecule has 0 bridgehead atoms. The normalized spacial score (nSPS) is 12.2. The third kappa shape index (κ3) is 2.96. The van der Waals surface area contributed by atoms with Crippen LogP contribution >= 0.6 is 0 Å². The molecule has 0 radical (unpaired) electrons. The van der Waals surface area contributed by atoms with E-state index < -0.39 is 0 Å². The molecular formula is C22H24N2. The maximum absolute atomic E-state index is 4.58. The minimum Gasteiger partial charge on any atom is -0.240 e.